The van der Waals surface area contributed by atoms with Crippen LogP contribution in [0.2, 0.25) is 0 Å². The summed E-state index contributed by atoms with van der Waals surface area (Å²) in [7, 11) is 1.55. The Hall–Kier alpha value is -2.02. The molecule has 7 nitrogen and oxygen atoms in total. The molecular weight excluding hydrogens is 270 g/mol. The fourth-order valence-electron chi connectivity index (χ4n) is 2.74. The second-order valence-corrected chi connectivity index (χ2v) is 5.56. The summed E-state index contributed by atoms with van der Waals surface area (Å²) < 4.78 is 10.4. The molecule has 0 aliphatic heterocycles. The quantitative estimate of drug-likeness (QED) is 0.914. The Morgan fingerprint density at radius 2 is 2.10 bits per heavy atom. The van der Waals surface area contributed by atoms with Gasteiger partial charge in [-0.1, -0.05) is 24.4 Å². The Morgan fingerprint density at radius 1 is 1.29 bits per heavy atom. The molecule has 0 radical (unpaired) electrons. The number of aromatic nitrogens is 4. The molecule has 2 aromatic heterocycles. The van der Waals surface area contributed by atoms with Crippen LogP contribution in [0.5, 0.6) is 5.88 Å². The topological polar surface area (TPSA) is 100.0 Å². The minimum Gasteiger partial charge on any atom is -0.481 e. The van der Waals surface area contributed by atoms with E-state index in [0.29, 0.717) is 29.7 Å². The van der Waals surface area contributed by atoms with Crippen molar-refractivity contribution in [1.82, 2.24) is 20.1 Å². The molecule has 2 aromatic rings. The van der Waals surface area contributed by atoms with Gasteiger partial charge in [-0.05, 0) is 12.8 Å². The van der Waals surface area contributed by atoms with Crippen LogP contribution < -0.4 is 10.5 Å². The molecule has 0 atom stereocenters. The van der Waals surface area contributed by atoms with Gasteiger partial charge in [-0.15, -0.1) is 0 Å². The zero-order valence-electron chi connectivity index (χ0n) is 12.1. The third-order valence-electron chi connectivity index (χ3n) is 3.90. The van der Waals surface area contributed by atoms with E-state index in [0.717, 1.165) is 12.8 Å². The lowest BCUT2D eigenvalue weighted by atomic mass is 9.80. The van der Waals surface area contributed by atoms with Gasteiger partial charge in [-0.2, -0.15) is 4.98 Å². The van der Waals surface area contributed by atoms with Crippen molar-refractivity contribution in [2.24, 2.45) is 5.73 Å². The Morgan fingerprint density at radius 3 is 2.86 bits per heavy atom. The third kappa shape index (κ3) is 3.18. The zero-order valence-corrected chi connectivity index (χ0v) is 12.1. The molecule has 2 heterocycles. The highest BCUT2D eigenvalue weighted by Crippen LogP contribution is 2.29. The van der Waals surface area contributed by atoms with Crippen molar-refractivity contribution in [2.45, 2.75) is 44.1 Å². The van der Waals surface area contributed by atoms with E-state index in [1.807, 2.05) is 0 Å². The molecule has 0 spiro atoms. The Bertz CT molecular complexity index is 607. The van der Waals surface area contributed by atoms with Crippen LogP contribution in [0, 0.1) is 0 Å². The van der Waals surface area contributed by atoms with Crippen molar-refractivity contribution in [1.29, 1.82) is 0 Å². The first kappa shape index (κ1) is 13.9. The van der Waals surface area contributed by atoms with Gasteiger partial charge < -0.3 is 15.0 Å². The van der Waals surface area contributed by atoms with Gasteiger partial charge in [0.2, 0.25) is 17.6 Å². The molecule has 112 valence electrons. The third-order valence-corrected chi connectivity index (χ3v) is 3.90. The molecule has 0 saturated heterocycles. The van der Waals surface area contributed by atoms with Crippen molar-refractivity contribution in [3.8, 4) is 17.4 Å². The van der Waals surface area contributed by atoms with E-state index >= 15 is 0 Å². The molecule has 0 bridgehead atoms. The molecular formula is C14H19N5O2. The number of ether oxygens (including phenoxy) is 1. The Balaban J connectivity index is 1.76. The maximum Gasteiger partial charge on any atom is 0.228 e. The molecule has 0 aromatic carbocycles. The highest BCUT2D eigenvalue weighted by atomic mass is 16.5. The van der Waals surface area contributed by atoms with E-state index in [9.17, 15) is 0 Å². The number of hydrogen-bond acceptors (Lipinski definition) is 7. The van der Waals surface area contributed by atoms with Gasteiger partial charge in [-0.25, -0.2) is 9.97 Å². The van der Waals surface area contributed by atoms with Gasteiger partial charge >= 0.3 is 0 Å². The van der Waals surface area contributed by atoms with Crippen molar-refractivity contribution >= 4 is 0 Å². The van der Waals surface area contributed by atoms with Crippen LogP contribution >= 0.6 is 0 Å². The minimum absolute atomic E-state index is 0.217. The summed E-state index contributed by atoms with van der Waals surface area (Å²) in [5, 5.41) is 3.97. The van der Waals surface area contributed by atoms with Crippen molar-refractivity contribution in [3.05, 3.63) is 18.3 Å². The average Bonchev–Trinajstić information content (AvgIpc) is 2.96. The van der Waals surface area contributed by atoms with Gasteiger partial charge in [0, 0.05) is 18.0 Å². The lowest BCUT2D eigenvalue weighted by molar-refractivity contribution is 0.261. The minimum atomic E-state index is -0.217. The van der Waals surface area contributed by atoms with Crippen LogP contribution in [0.3, 0.4) is 0 Å². The second-order valence-electron chi connectivity index (χ2n) is 5.56. The molecule has 7 heteroatoms. The van der Waals surface area contributed by atoms with E-state index in [-0.39, 0.29) is 5.54 Å². The number of hydrogen-bond donors (Lipinski definition) is 1. The van der Waals surface area contributed by atoms with Gasteiger partial charge in [0.15, 0.2) is 0 Å². The number of methoxy groups -OCH3 is 1. The van der Waals surface area contributed by atoms with E-state index in [4.69, 9.17) is 15.0 Å². The maximum atomic E-state index is 6.41. The monoisotopic (exact) mass is 289 g/mol. The predicted octanol–water partition coefficient (Wildman–Crippen LogP) is 1.74. The van der Waals surface area contributed by atoms with Crippen LogP contribution in [0.1, 0.15) is 38.0 Å². The molecule has 1 saturated carbocycles. The van der Waals surface area contributed by atoms with Crippen molar-refractivity contribution in [2.75, 3.05) is 7.11 Å². The first-order chi connectivity index (χ1) is 10.2. The number of nitrogens with zero attached hydrogens (tertiary/aromatic N) is 4. The molecule has 2 N–H and O–H groups in total. The lowest BCUT2D eigenvalue weighted by Crippen LogP contribution is -2.43. The molecule has 0 amide bonds. The highest BCUT2D eigenvalue weighted by Gasteiger charge is 2.30. The summed E-state index contributed by atoms with van der Waals surface area (Å²) in [6.45, 7) is 0. The maximum absolute atomic E-state index is 6.41. The van der Waals surface area contributed by atoms with Crippen LogP contribution in [-0.4, -0.2) is 32.8 Å². The fraction of sp³-hybridized carbons (Fsp3) is 0.571. The first-order valence-corrected chi connectivity index (χ1v) is 7.16. The molecule has 21 heavy (non-hydrogen) atoms. The van der Waals surface area contributed by atoms with Crippen molar-refractivity contribution < 1.29 is 9.26 Å². The van der Waals surface area contributed by atoms with Crippen LogP contribution in [0.25, 0.3) is 11.5 Å². The normalized spacial score (nSPS) is 17.6. The lowest BCUT2D eigenvalue weighted by Gasteiger charge is -2.31. The summed E-state index contributed by atoms with van der Waals surface area (Å²) >= 11 is 0. The number of rotatable bonds is 4. The zero-order chi connectivity index (χ0) is 14.7. The summed E-state index contributed by atoms with van der Waals surface area (Å²) in [4.78, 5) is 12.5. The summed E-state index contributed by atoms with van der Waals surface area (Å²) in [6.07, 6.45) is 7.63. The first-order valence-electron chi connectivity index (χ1n) is 7.16. The van der Waals surface area contributed by atoms with Gasteiger partial charge in [-0.3, -0.25) is 0 Å². The molecule has 0 unspecified atom stereocenters. The predicted molar refractivity (Wildman–Crippen MR) is 75.6 cm³/mol. The Labute approximate surface area is 122 Å². The van der Waals surface area contributed by atoms with Gasteiger partial charge in [0.05, 0.1) is 7.11 Å². The Kier molecular flexibility index (Phi) is 3.83. The fourth-order valence-corrected chi connectivity index (χ4v) is 2.74. The van der Waals surface area contributed by atoms with Crippen LogP contribution in [0.4, 0.5) is 0 Å². The van der Waals surface area contributed by atoms with Crippen LogP contribution in [-0.2, 0) is 6.42 Å². The molecule has 1 fully saturated rings. The van der Waals surface area contributed by atoms with Gasteiger partial charge in [0.1, 0.15) is 12.0 Å². The van der Waals surface area contributed by atoms with E-state index < -0.39 is 0 Å². The van der Waals surface area contributed by atoms with E-state index in [2.05, 4.69) is 20.1 Å². The highest BCUT2D eigenvalue weighted by molar-refractivity contribution is 5.49. The van der Waals surface area contributed by atoms with E-state index in [1.165, 1.54) is 25.6 Å². The van der Waals surface area contributed by atoms with E-state index in [1.54, 1.807) is 13.2 Å². The van der Waals surface area contributed by atoms with Gasteiger partial charge in [0.25, 0.3) is 0 Å². The average molecular weight is 289 g/mol. The van der Waals surface area contributed by atoms with Crippen LogP contribution in [0.15, 0.2) is 16.9 Å². The molecule has 3 rings (SSSR count). The standard InChI is InChI=1S/C14H19N5O2/c1-20-11-7-10(16-9-17-11)13-18-12(21-19-13)8-14(15)5-3-2-4-6-14/h7,9H,2-6,8,15H2,1H3. The molecule has 1 aliphatic rings. The largest absolute Gasteiger partial charge is 0.481 e. The SMILES string of the molecule is COc1cc(-c2noc(CC3(N)CCCCC3)n2)ncn1. The summed E-state index contributed by atoms with van der Waals surface area (Å²) in [5.74, 6) is 1.46. The smallest absolute Gasteiger partial charge is 0.228 e. The summed E-state index contributed by atoms with van der Waals surface area (Å²) in [5.41, 5.74) is 6.77. The second kappa shape index (κ2) is 5.77. The summed E-state index contributed by atoms with van der Waals surface area (Å²) in [6, 6.07) is 1.67. The van der Waals surface area contributed by atoms with Crippen molar-refractivity contribution in [3.63, 3.8) is 0 Å². The molecule has 1 aliphatic carbocycles. The number of nitrogens with two attached hydrogens (primary N) is 1.